The van der Waals surface area contributed by atoms with Crippen LogP contribution >= 0.6 is 0 Å². The molecule has 0 saturated heterocycles. The van der Waals surface area contributed by atoms with Gasteiger partial charge in [0, 0.05) is 0 Å². The summed E-state index contributed by atoms with van der Waals surface area (Å²) < 4.78 is 6.64. The van der Waals surface area contributed by atoms with Crippen LogP contribution in [0.5, 0.6) is 0 Å². The Morgan fingerprint density at radius 2 is 2.09 bits per heavy atom. The number of hydrogen-bond donors (Lipinski definition) is 1. The predicted octanol–water partition coefficient (Wildman–Crippen LogP) is 1.31. The molecular formula is C15H16N4O3. The van der Waals surface area contributed by atoms with Gasteiger partial charge in [0.05, 0.1) is 6.61 Å². The van der Waals surface area contributed by atoms with Crippen LogP contribution in [0, 0.1) is 12.8 Å². The SMILES string of the molecule is CCOC(=O)[C@@H]1C(=O)Nc2nc(C)nn2[C@H]1c1ccccc1. The molecule has 22 heavy (non-hydrogen) atoms. The third-order valence-corrected chi connectivity index (χ3v) is 3.52. The minimum absolute atomic E-state index is 0.216. The van der Waals surface area contributed by atoms with E-state index in [1.165, 1.54) is 0 Å². The maximum Gasteiger partial charge on any atom is 0.321 e. The second-order valence-electron chi connectivity index (χ2n) is 5.00. The fraction of sp³-hybridized carbons (Fsp3) is 0.333. The number of anilines is 1. The molecule has 7 heteroatoms. The maximum atomic E-state index is 12.4. The molecule has 3 rings (SSSR count). The van der Waals surface area contributed by atoms with Crippen molar-refractivity contribution in [2.24, 2.45) is 5.92 Å². The molecule has 0 spiro atoms. The molecule has 1 N–H and O–H groups in total. The third-order valence-electron chi connectivity index (χ3n) is 3.52. The summed E-state index contributed by atoms with van der Waals surface area (Å²) in [6, 6.07) is 8.73. The van der Waals surface area contributed by atoms with Crippen LogP contribution in [-0.2, 0) is 14.3 Å². The first kappa shape index (κ1) is 14.2. The van der Waals surface area contributed by atoms with Crippen molar-refractivity contribution in [2.45, 2.75) is 19.9 Å². The zero-order valence-corrected chi connectivity index (χ0v) is 12.3. The fourth-order valence-corrected chi connectivity index (χ4v) is 2.63. The average molecular weight is 300 g/mol. The van der Waals surface area contributed by atoms with E-state index in [-0.39, 0.29) is 6.61 Å². The van der Waals surface area contributed by atoms with E-state index in [0.29, 0.717) is 11.8 Å². The molecule has 1 amide bonds. The smallest absolute Gasteiger partial charge is 0.321 e. The number of ether oxygens (including phenoxy) is 1. The van der Waals surface area contributed by atoms with Crippen LogP contribution in [-0.4, -0.2) is 33.2 Å². The molecular weight excluding hydrogens is 284 g/mol. The quantitative estimate of drug-likeness (QED) is 0.682. The highest BCUT2D eigenvalue weighted by Crippen LogP contribution is 2.34. The second-order valence-corrected chi connectivity index (χ2v) is 5.00. The highest BCUT2D eigenvalue weighted by molar-refractivity contribution is 6.06. The van der Waals surface area contributed by atoms with E-state index >= 15 is 0 Å². The van der Waals surface area contributed by atoms with Gasteiger partial charge in [-0.25, -0.2) is 4.68 Å². The van der Waals surface area contributed by atoms with E-state index in [9.17, 15) is 9.59 Å². The van der Waals surface area contributed by atoms with Crippen LogP contribution in [0.2, 0.25) is 0 Å². The van der Waals surface area contributed by atoms with Crippen molar-refractivity contribution in [1.82, 2.24) is 14.8 Å². The maximum absolute atomic E-state index is 12.4. The van der Waals surface area contributed by atoms with E-state index < -0.39 is 23.8 Å². The molecule has 0 aliphatic carbocycles. The van der Waals surface area contributed by atoms with Crippen LogP contribution in [0.15, 0.2) is 30.3 Å². The lowest BCUT2D eigenvalue weighted by Gasteiger charge is -2.30. The summed E-state index contributed by atoms with van der Waals surface area (Å²) in [4.78, 5) is 28.8. The van der Waals surface area contributed by atoms with Gasteiger partial charge in [0.1, 0.15) is 11.9 Å². The Labute approximate surface area is 127 Å². The monoisotopic (exact) mass is 300 g/mol. The number of hydrogen-bond acceptors (Lipinski definition) is 5. The van der Waals surface area contributed by atoms with E-state index in [1.807, 2.05) is 30.3 Å². The largest absolute Gasteiger partial charge is 0.465 e. The molecule has 1 aromatic heterocycles. The van der Waals surface area contributed by atoms with Gasteiger partial charge in [-0.3, -0.25) is 14.9 Å². The molecule has 1 aliphatic rings. The standard InChI is InChI=1S/C15H16N4O3/c1-3-22-14(21)11-12(10-7-5-4-6-8-10)19-15(17-13(11)20)16-9(2)18-19/h4-8,11-12H,3H2,1-2H3,(H,16,17,18,20)/t11-,12-/m0/s1. The van der Waals surface area contributed by atoms with Gasteiger partial charge in [0.2, 0.25) is 11.9 Å². The molecule has 2 aromatic rings. The van der Waals surface area contributed by atoms with Crippen LogP contribution in [0.25, 0.3) is 0 Å². The zero-order valence-electron chi connectivity index (χ0n) is 12.3. The summed E-state index contributed by atoms with van der Waals surface area (Å²) in [6.07, 6.45) is 0. The van der Waals surface area contributed by atoms with Gasteiger partial charge in [-0.2, -0.15) is 10.1 Å². The minimum Gasteiger partial charge on any atom is -0.465 e. The summed E-state index contributed by atoms with van der Waals surface area (Å²) in [6.45, 7) is 3.66. The van der Waals surface area contributed by atoms with E-state index in [1.54, 1.807) is 18.5 Å². The molecule has 0 radical (unpaired) electrons. The van der Waals surface area contributed by atoms with Gasteiger partial charge in [-0.05, 0) is 19.4 Å². The lowest BCUT2D eigenvalue weighted by Crippen LogP contribution is -2.43. The number of rotatable bonds is 3. The summed E-state index contributed by atoms with van der Waals surface area (Å²) >= 11 is 0. The van der Waals surface area contributed by atoms with Crippen molar-refractivity contribution in [3.8, 4) is 0 Å². The molecule has 2 atom stereocenters. The highest BCUT2D eigenvalue weighted by atomic mass is 16.5. The molecule has 1 aromatic carbocycles. The molecule has 2 heterocycles. The van der Waals surface area contributed by atoms with Gasteiger partial charge >= 0.3 is 5.97 Å². The minimum atomic E-state index is -0.990. The van der Waals surface area contributed by atoms with Gasteiger partial charge in [0.25, 0.3) is 0 Å². The first-order valence-corrected chi connectivity index (χ1v) is 7.07. The first-order chi connectivity index (χ1) is 10.6. The number of amides is 1. The number of fused-ring (bicyclic) bond motifs is 1. The van der Waals surface area contributed by atoms with E-state index in [0.717, 1.165) is 5.56 Å². The summed E-state index contributed by atoms with van der Waals surface area (Å²) in [5, 5.41) is 6.94. The Hall–Kier alpha value is -2.70. The van der Waals surface area contributed by atoms with Gasteiger partial charge in [-0.1, -0.05) is 30.3 Å². The number of aromatic nitrogens is 3. The Bertz CT molecular complexity index is 711. The average Bonchev–Trinajstić information content (AvgIpc) is 2.86. The van der Waals surface area contributed by atoms with Gasteiger partial charge in [0.15, 0.2) is 5.92 Å². The van der Waals surface area contributed by atoms with Crippen molar-refractivity contribution in [3.05, 3.63) is 41.7 Å². The van der Waals surface area contributed by atoms with Gasteiger partial charge in [-0.15, -0.1) is 0 Å². The lowest BCUT2D eigenvalue weighted by atomic mass is 9.91. The van der Waals surface area contributed by atoms with Crippen LogP contribution in [0.1, 0.15) is 24.4 Å². The number of carbonyl (C=O) groups excluding carboxylic acids is 2. The summed E-state index contributed by atoms with van der Waals surface area (Å²) in [7, 11) is 0. The summed E-state index contributed by atoms with van der Waals surface area (Å²) in [5.41, 5.74) is 0.807. The van der Waals surface area contributed by atoms with Crippen molar-refractivity contribution >= 4 is 17.8 Å². The molecule has 0 fully saturated rings. The van der Waals surface area contributed by atoms with E-state index in [4.69, 9.17) is 4.74 Å². The topological polar surface area (TPSA) is 86.1 Å². The molecule has 0 bridgehead atoms. The predicted molar refractivity (Wildman–Crippen MR) is 78.1 cm³/mol. The number of benzene rings is 1. The normalized spacial score (nSPS) is 20.2. The second kappa shape index (κ2) is 5.59. The lowest BCUT2D eigenvalue weighted by molar-refractivity contribution is -0.152. The van der Waals surface area contributed by atoms with Crippen molar-refractivity contribution in [1.29, 1.82) is 0 Å². The van der Waals surface area contributed by atoms with Crippen LogP contribution in [0.4, 0.5) is 5.95 Å². The van der Waals surface area contributed by atoms with Crippen molar-refractivity contribution in [2.75, 3.05) is 11.9 Å². The number of nitrogens with one attached hydrogen (secondary N) is 1. The Morgan fingerprint density at radius 1 is 1.36 bits per heavy atom. The first-order valence-electron chi connectivity index (χ1n) is 7.07. The molecule has 0 unspecified atom stereocenters. The number of esters is 1. The van der Waals surface area contributed by atoms with Gasteiger partial charge < -0.3 is 4.74 Å². The Balaban J connectivity index is 2.12. The molecule has 0 saturated carbocycles. The molecule has 7 nitrogen and oxygen atoms in total. The number of carbonyl (C=O) groups is 2. The Kier molecular flexibility index (Phi) is 3.62. The number of aryl methyl sites for hydroxylation is 1. The fourth-order valence-electron chi connectivity index (χ4n) is 2.63. The third kappa shape index (κ3) is 2.34. The molecule has 114 valence electrons. The molecule has 1 aliphatic heterocycles. The van der Waals surface area contributed by atoms with Crippen molar-refractivity contribution < 1.29 is 14.3 Å². The van der Waals surface area contributed by atoms with Crippen molar-refractivity contribution in [3.63, 3.8) is 0 Å². The summed E-state index contributed by atoms with van der Waals surface area (Å²) in [5.74, 6) is -1.10. The zero-order chi connectivity index (χ0) is 15.7. The van der Waals surface area contributed by atoms with Crippen LogP contribution in [0.3, 0.4) is 0 Å². The van der Waals surface area contributed by atoms with Crippen LogP contribution < -0.4 is 5.32 Å². The van der Waals surface area contributed by atoms with E-state index in [2.05, 4.69) is 15.4 Å². The Morgan fingerprint density at radius 3 is 2.77 bits per heavy atom. The highest BCUT2D eigenvalue weighted by Gasteiger charge is 2.44. The number of nitrogens with zero attached hydrogens (tertiary/aromatic N) is 3.